The number of hydrogen-bond acceptors (Lipinski definition) is 14. The van der Waals surface area contributed by atoms with Crippen LogP contribution in [0.2, 0.25) is 0 Å². The zero-order chi connectivity index (χ0) is 34.8. The molecular weight excluding hydrogens is 624 g/mol. The Bertz CT molecular complexity index is 1040. The lowest BCUT2D eigenvalue weighted by atomic mass is 9.99. The van der Waals surface area contributed by atoms with E-state index in [2.05, 4.69) is 0 Å². The quantitative estimate of drug-likeness (QED) is 0.109. The molecular formula is C31H46N2O14. The summed E-state index contributed by atoms with van der Waals surface area (Å²) >= 11 is 0. The van der Waals surface area contributed by atoms with Crippen molar-refractivity contribution in [2.45, 2.75) is 67.8 Å². The fourth-order valence-electron chi connectivity index (χ4n) is 5.05. The van der Waals surface area contributed by atoms with Crippen LogP contribution in [0.25, 0.3) is 0 Å². The predicted molar refractivity (Wildman–Crippen MR) is 164 cm³/mol. The Kier molecular flexibility index (Phi) is 18.5. The SMILES string of the molecule is NCCCN(C[C@H](O)[C@@H](O)[C@@H]1OC(c2ccccc2)OC[C@H]1O)C[C@H](O)[C@@H](O)[C@@H]1OC(c2ccccc2)OC[C@H]1O.O=CO.O=CO. The van der Waals surface area contributed by atoms with E-state index < -0.39 is 61.4 Å². The first-order valence-electron chi connectivity index (χ1n) is 14.9. The molecule has 2 aliphatic rings. The third kappa shape index (κ3) is 12.8. The van der Waals surface area contributed by atoms with Crippen LogP contribution in [-0.4, -0.2) is 147 Å². The molecule has 2 heterocycles. The van der Waals surface area contributed by atoms with Gasteiger partial charge in [0.05, 0.1) is 25.4 Å². The lowest BCUT2D eigenvalue weighted by Crippen LogP contribution is -2.56. The van der Waals surface area contributed by atoms with Gasteiger partial charge < -0.3 is 65.5 Å². The highest BCUT2D eigenvalue weighted by Crippen LogP contribution is 2.30. The van der Waals surface area contributed by atoms with Crippen LogP contribution in [-0.2, 0) is 28.5 Å². The lowest BCUT2D eigenvalue weighted by molar-refractivity contribution is -0.285. The van der Waals surface area contributed by atoms with E-state index in [1.54, 1.807) is 29.2 Å². The number of benzene rings is 2. The summed E-state index contributed by atoms with van der Waals surface area (Å²) in [4.78, 5) is 18.4. The zero-order valence-corrected chi connectivity index (χ0v) is 25.7. The van der Waals surface area contributed by atoms with Crippen LogP contribution < -0.4 is 5.73 Å². The van der Waals surface area contributed by atoms with E-state index in [1.165, 1.54) is 0 Å². The van der Waals surface area contributed by atoms with Crippen molar-refractivity contribution in [3.05, 3.63) is 71.8 Å². The Labute approximate surface area is 272 Å². The highest BCUT2D eigenvalue weighted by atomic mass is 16.7. The zero-order valence-electron chi connectivity index (χ0n) is 25.7. The lowest BCUT2D eigenvalue weighted by Gasteiger charge is -2.40. The van der Waals surface area contributed by atoms with Crippen LogP contribution in [0.1, 0.15) is 30.1 Å². The van der Waals surface area contributed by atoms with Gasteiger partial charge in [0.15, 0.2) is 12.6 Å². The minimum absolute atomic E-state index is 0.0901. The summed E-state index contributed by atoms with van der Waals surface area (Å²) < 4.78 is 22.8. The number of nitrogens with two attached hydrogens (primary N) is 1. The molecule has 4 rings (SSSR count). The Morgan fingerprint density at radius 1 is 0.723 bits per heavy atom. The van der Waals surface area contributed by atoms with Crippen LogP contribution >= 0.6 is 0 Å². The van der Waals surface area contributed by atoms with Gasteiger partial charge in [-0.15, -0.1) is 0 Å². The summed E-state index contributed by atoms with van der Waals surface area (Å²) in [6.07, 6.45) is -11.4. The van der Waals surface area contributed by atoms with Crippen molar-refractivity contribution >= 4 is 12.9 Å². The largest absolute Gasteiger partial charge is 0.483 e. The van der Waals surface area contributed by atoms with Crippen LogP contribution in [0, 0.1) is 0 Å². The Balaban J connectivity index is 0.00000119. The third-order valence-corrected chi connectivity index (χ3v) is 7.33. The number of nitrogens with zero attached hydrogens (tertiary/aromatic N) is 1. The van der Waals surface area contributed by atoms with E-state index in [1.807, 2.05) is 36.4 Å². The normalized spacial score (nSPS) is 26.7. The topological polar surface area (TPSA) is 262 Å². The van der Waals surface area contributed by atoms with Gasteiger partial charge >= 0.3 is 0 Å². The summed E-state index contributed by atoms with van der Waals surface area (Å²) in [7, 11) is 0. The Hall–Kier alpha value is -3.10. The van der Waals surface area contributed by atoms with Crippen molar-refractivity contribution in [1.82, 2.24) is 4.90 Å². The molecule has 10 atom stereocenters. The number of ether oxygens (including phenoxy) is 4. The summed E-state index contributed by atoms with van der Waals surface area (Å²) in [5, 5.41) is 78.4. The fraction of sp³-hybridized carbons (Fsp3) is 0.548. The van der Waals surface area contributed by atoms with E-state index in [4.69, 9.17) is 44.5 Å². The maximum absolute atomic E-state index is 11.0. The van der Waals surface area contributed by atoms with E-state index in [0.29, 0.717) is 30.6 Å². The van der Waals surface area contributed by atoms with Gasteiger partial charge in [0.1, 0.15) is 36.6 Å². The summed E-state index contributed by atoms with van der Waals surface area (Å²) in [6, 6.07) is 18.1. The monoisotopic (exact) mass is 670 g/mol. The highest BCUT2D eigenvalue weighted by molar-refractivity contribution is 5.33. The van der Waals surface area contributed by atoms with Crippen LogP contribution in [0.5, 0.6) is 0 Å². The van der Waals surface area contributed by atoms with Crippen LogP contribution in [0.15, 0.2) is 60.7 Å². The van der Waals surface area contributed by atoms with Gasteiger partial charge in [0, 0.05) is 24.2 Å². The minimum Gasteiger partial charge on any atom is -0.483 e. The molecule has 0 amide bonds. The highest BCUT2D eigenvalue weighted by Gasteiger charge is 2.42. The summed E-state index contributed by atoms with van der Waals surface area (Å²) in [5.41, 5.74) is 7.10. The van der Waals surface area contributed by atoms with Crippen molar-refractivity contribution in [2.24, 2.45) is 5.73 Å². The molecule has 0 spiro atoms. The molecule has 0 aromatic heterocycles. The molecule has 10 N–H and O–H groups in total. The van der Waals surface area contributed by atoms with Crippen molar-refractivity contribution < 1.29 is 69.4 Å². The first kappa shape index (κ1) is 40.1. The molecule has 2 aromatic carbocycles. The molecule has 47 heavy (non-hydrogen) atoms. The number of rotatable bonds is 13. The van der Waals surface area contributed by atoms with Gasteiger partial charge in [0.25, 0.3) is 12.9 Å². The van der Waals surface area contributed by atoms with Crippen molar-refractivity contribution in [1.29, 1.82) is 0 Å². The molecule has 264 valence electrons. The standard InChI is InChI=1S/C29H42N2O10.2CH2O2/c30-12-7-13-31(14-20(32)24(36)26-22(34)16-38-28(40-26)18-8-3-1-4-9-18)15-21(33)25(37)27-23(35)17-39-29(41-27)19-10-5-2-6-11-19;2*2-1-3/h1-6,8-11,20-29,32-37H,7,12-17,30H2;2*1H,(H,2,3)/t20-,21-,22+,23+,24+,25+,26+,27+,28?,29?;;/m0../s1. The Morgan fingerprint density at radius 3 is 1.43 bits per heavy atom. The second-order valence-corrected chi connectivity index (χ2v) is 10.7. The van der Waals surface area contributed by atoms with E-state index in [9.17, 15) is 30.6 Å². The van der Waals surface area contributed by atoms with E-state index in [0.717, 1.165) is 0 Å². The van der Waals surface area contributed by atoms with Gasteiger partial charge in [0.2, 0.25) is 0 Å². The maximum atomic E-state index is 11.0. The number of carbonyl (C=O) groups is 2. The first-order valence-corrected chi connectivity index (χ1v) is 14.9. The van der Waals surface area contributed by atoms with E-state index in [-0.39, 0.29) is 39.2 Å². The maximum Gasteiger partial charge on any atom is 0.290 e. The molecule has 2 fully saturated rings. The number of aliphatic hydroxyl groups is 6. The first-order chi connectivity index (χ1) is 22.6. The minimum atomic E-state index is -1.48. The van der Waals surface area contributed by atoms with Crippen LogP contribution in [0.3, 0.4) is 0 Å². The molecule has 0 radical (unpaired) electrons. The van der Waals surface area contributed by atoms with Crippen LogP contribution in [0.4, 0.5) is 0 Å². The molecule has 16 nitrogen and oxygen atoms in total. The third-order valence-electron chi connectivity index (χ3n) is 7.33. The Morgan fingerprint density at radius 2 is 1.09 bits per heavy atom. The molecule has 0 saturated carbocycles. The summed E-state index contributed by atoms with van der Waals surface area (Å²) in [6.45, 7) is -0.219. The van der Waals surface area contributed by atoms with Crippen molar-refractivity contribution in [3.8, 4) is 0 Å². The van der Waals surface area contributed by atoms with Crippen molar-refractivity contribution in [2.75, 3.05) is 39.4 Å². The second kappa shape index (κ2) is 21.7. The van der Waals surface area contributed by atoms with Gasteiger partial charge in [-0.1, -0.05) is 60.7 Å². The smallest absolute Gasteiger partial charge is 0.290 e. The molecule has 2 saturated heterocycles. The number of carboxylic acid groups (broad SMARTS) is 2. The summed E-state index contributed by atoms with van der Waals surface area (Å²) in [5.74, 6) is 0. The molecule has 0 aliphatic carbocycles. The van der Waals surface area contributed by atoms with Gasteiger partial charge in [-0.05, 0) is 19.5 Å². The predicted octanol–water partition coefficient (Wildman–Crippen LogP) is -1.57. The average Bonchev–Trinajstić information content (AvgIpc) is 3.08. The molecule has 0 bridgehead atoms. The fourth-order valence-corrected chi connectivity index (χ4v) is 5.05. The van der Waals surface area contributed by atoms with Gasteiger partial charge in [-0.2, -0.15) is 0 Å². The second-order valence-electron chi connectivity index (χ2n) is 10.7. The van der Waals surface area contributed by atoms with Gasteiger partial charge in [-0.3, -0.25) is 14.5 Å². The average molecular weight is 671 g/mol. The van der Waals surface area contributed by atoms with Gasteiger partial charge in [-0.25, -0.2) is 0 Å². The number of hydrogen-bond donors (Lipinski definition) is 9. The molecule has 2 unspecified atom stereocenters. The van der Waals surface area contributed by atoms with E-state index >= 15 is 0 Å². The molecule has 2 aliphatic heterocycles. The number of aliphatic hydroxyl groups excluding tert-OH is 6. The molecule has 16 heteroatoms. The van der Waals surface area contributed by atoms with Crippen molar-refractivity contribution in [3.63, 3.8) is 0 Å². The molecule has 2 aromatic rings.